The van der Waals surface area contributed by atoms with E-state index in [-0.39, 0.29) is 16.8 Å². The molecule has 2 rings (SSSR count). The van der Waals surface area contributed by atoms with Crippen LogP contribution in [0.3, 0.4) is 0 Å². The zero-order valence-corrected chi connectivity index (χ0v) is 12.6. The first-order valence-electron chi connectivity index (χ1n) is 6.42. The van der Waals surface area contributed by atoms with Crippen molar-refractivity contribution in [3.05, 3.63) is 34.4 Å². The Morgan fingerprint density at radius 3 is 2.62 bits per heavy atom. The van der Waals surface area contributed by atoms with Gasteiger partial charge in [0.05, 0.1) is 10.2 Å². The Labute approximate surface area is 126 Å². The molecule has 7 nitrogen and oxygen atoms in total. The first kappa shape index (κ1) is 15.3. The SMILES string of the molecule is CN=C1SC(CCNc2ccc([N+](=O)[O-])cc2)C(=O)N1C. The molecular formula is C13H16N4O3S. The molecule has 0 aliphatic carbocycles. The Bertz CT molecular complexity index is 573. The summed E-state index contributed by atoms with van der Waals surface area (Å²) in [6.45, 7) is 0.617. The highest BCUT2D eigenvalue weighted by atomic mass is 32.2. The normalized spacial score (nSPS) is 20.1. The number of aliphatic imine (C=N–C) groups is 1. The number of nitro groups is 1. The lowest BCUT2D eigenvalue weighted by molar-refractivity contribution is -0.384. The minimum Gasteiger partial charge on any atom is -0.385 e. The number of benzene rings is 1. The van der Waals surface area contributed by atoms with Gasteiger partial charge in [0, 0.05) is 38.5 Å². The van der Waals surface area contributed by atoms with Gasteiger partial charge < -0.3 is 5.32 Å². The highest BCUT2D eigenvalue weighted by Crippen LogP contribution is 2.28. The van der Waals surface area contributed by atoms with Crippen LogP contribution in [0.4, 0.5) is 11.4 Å². The van der Waals surface area contributed by atoms with Gasteiger partial charge in [-0.25, -0.2) is 0 Å². The molecule has 1 aliphatic rings. The molecule has 1 fully saturated rings. The van der Waals surface area contributed by atoms with Crippen LogP contribution in [-0.2, 0) is 4.79 Å². The molecule has 0 saturated carbocycles. The third-order valence-electron chi connectivity index (χ3n) is 3.15. The van der Waals surface area contributed by atoms with Crippen molar-refractivity contribution >= 4 is 34.2 Å². The third kappa shape index (κ3) is 3.52. The molecule has 1 saturated heterocycles. The quantitative estimate of drug-likeness (QED) is 0.663. The van der Waals surface area contributed by atoms with Crippen LogP contribution in [-0.4, -0.2) is 46.8 Å². The van der Waals surface area contributed by atoms with Crippen molar-refractivity contribution in [2.75, 3.05) is 26.0 Å². The number of non-ortho nitro benzene ring substituents is 1. The number of anilines is 1. The minimum atomic E-state index is -0.431. The van der Waals surface area contributed by atoms with Gasteiger partial charge in [-0.05, 0) is 18.6 Å². The Kier molecular flexibility index (Phi) is 4.79. The highest BCUT2D eigenvalue weighted by molar-refractivity contribution is 8.15. The Morgan fingerprint density at radius 1 is 1.43 bits per heavy atom. The standard InChI is InChI=1S/C13H16N4O3S/c1-14-13-16(2)12(18)11(21-13)7-8-15-9-3-5-10(6-4-9)17(19)20/h3-6,11,15H,7-8H2,1-2H3. The lowest BCUT2D eigenvalue weighted by atomic mass is 10.2. The van der Waals surface area contributed by atoms with Crippen LogP contribution in [0.15, 0.2) is 29.3 Å². The van der Waals surface area contributed by atoms with Crippen LogP contribution in [0.1, 0.15) is 6.42 Å². The van der Waals surface area contributed by atoms with Crippen molar-refractivity contribution in [3.63, 3.8) is 0 Å². The predicted molar refractivity (Wildman–Crippen MR) is 83.7 cm³/mol. The maximum atomic E-state index is 12.0. The molecule has 21 heavy (non-hydrogen) atoms. The number of thioether (sulfide) groups is 1. The second-order valence-electron chi connectivity index (χ2n) is 4.53. The topological polar surface area (TPSA) is 87.8 Å². The number of hydrogen-bond donors (Lipinski definition) is 1. The molecule has 1 aliphatic heterocycles. The lowest BCUT2D eigenvalue weighted by Gasteiger charge is -2.09. The summed E-state index contributed by atoms with van der Waals surface area (Å²) in [5, 5.41) is 14.3. The highest BCUT2D eigenvalue weighted by Gasteiger charge is 2.34. The zero-order valence-electron chi connectivity index (χ0n) is 11.8. The first-order valence-corrected chi connectivity index (χ1v) is 7.30. The monoisotopic (exact) mass is 308 g/mol. The summed E-state index contributed by atoms with van der Waals surface area (Å²) in [6.07, 6.45) is 0.670. The van der Waals surface area contributed by atoms with Gasteiger partial charge in [0.2, 0.25) is 5.91 Å². The molecule has 0 radical (unpaired) electrons. The number of amidine groups is 1. The van der Waals surface area contributed by atoms with E-state index in [2.05, 4.69) is 10.3 Å². The molecule has 0 aromatic heterocycles. The largest absolute Gasteiger partial charge is 0.385 e. The molecule has 1 amide bonds. The average Bonchev–Trinajstić information content (AvgIpc) is 2.75. The maximum Gasteiger partial charge on any atom is 0.269 e. The molecule has 1 unspecified atom stereocenters. The van der Waals surface area contributed by atoms with Gasteiger partial charge in [-0.3, -0.25) is 24.8 Å². The van der Waals surface area contributed by atoms with Gasteiger partial charge in [-0.1, -0.05) is 11.8 Å². The molecule has 8 heteroatoms. The fourth-order valence-electron chi connectivity index (χ4n) is 2.00. The third-order valence-corrected chi connectivity index (χ3v) is 4.53. The number of nitro benzene ring substituents is 1. The fraction of sp³-hybridized carbons (Fsp3) is 0.385. The Morgan fingerprint density at radius 2 is 2.10 bits per heavy atom. The van der Waals surface area contributed by atoms with E-state index >= 15 is 0 Å². The first-order chi connectivity index (χ1) is 10.0. The van der Waals surface area contributed by atoms with E-state index < -0.39 is 4.92 Å². The minimum absolute atomic E-state index is 0.0612. The van der Waals surface area contributed by atoms with Gasteiger partial charge in [0.15, 0.2) is 5.17 Å². The van der Waals surface area contributed by atoms with Gasteiger partial charge >= 0.3 is 0 Å². The molecule has 1 heterocycles. The summed E-state index contributed by atoms with van der Waals surface area (Å²) in [5.41, 5.74) is 0.862. The summed E-state index contributed by atoms with van der Waals surface area (Å²) in [4.78, 5) is 27.7. The summed E-state index contributed by atoms with van der Waals surface area (Å²) >= 11 is 1.47. The molecular weight excluding hydrogens is 292 g/mol. The number of rotatable bonds is 5. The van der Waals surface area contributed by atoms with Crippen molar-refractivity contribution < 1.29 is 9.72 Å². The van der Waals surface area contributed by atoms with Crippen molar-refractivity contribution in [2.45, 2.75) is 11.7 Å². The van der Waals surface area contributed by atoms with Crippen LogP contribution in [0.2, 0.25) is 0 Å². The van der Waals surface area contributed by atoms with Crippen molar-refractivity contribution in [3.8, 4) is 0 Å². The number of hydrogen-bond acceptors (Lipinski definition) is 6. The number of carbonyl (C=O) groups excluding carboxylic acids is 1. The summed E-state index contributed by atoms with van der Waals surface area (Å²) in [7, 11) is 3.39. The molecule has 1 N–H and O–H groups in total. The molecule has 0 spiro atoms. The van der Waals surface area contributed by atoms with Gasteiger partial charge in [0.1, 0.15) is 0 Å². The molecule has 1 aromatic rings. The number of amides is 1. The van der Waals surface area contributed by atoms with Crippen molar-refractivity contribution in [1.82, 2.24) is 4.90 Å². The molecule has 1 aromatic carbocycles. The van der Waals surface area contributed by atoms with Crippen LogP contribution >= 0.6 is 11.8 Å². The Hall–Kier alpha value is -2.09. The molecule has 1 atom stereocenters. The smallest absolute Gasteiger partial charge is 0.269 e. The fourth-order valence-corrected chi connectivity index (χ4v) is 3.10. The predicted octanol–water partition coefficient (Wildman–Crippen LogP) is 1.96. The Balaban J connectivity index is 1.85. The van der Waals surface area contributed by atoms with E-state index in [1.54, 1.807) is 31.1 Å². The number of carbonyl (C=O) groups is 1. The summed E-state index contributed by atoms with van der Waals surface area (Å²) < 4.78 is 0. The summed E-state index contributed by atoms with van der Waals surface area (Å²) in [6, 6.07) is 6.22. The molecule has 112 valence electrons. The average molecular weight is 308 g/mol. The van der Waals surface area contributed by atoms with Crippen molar-refractivity contribution in [1.29, 1.82) is 0 Å². The van der Waals surface area contributed by atoms with Crippen LogP contribution in [0.5, 0.6) is 0 Å². The van der Waals surface area contributed by atoms with E-state index in [1.807, 2.05) is 0 Å². The van der Waals surface area contributed by atoms with E-state index in [9.17, 15) is 14.9 Å². The van der Waals surface area contributed by atoms with Crippen molar-refractivity contribution in [2.24, 2.45) is 4.99 Å². The van der Waals surface area contributed by atoms with Gasteiger partial charge in [-0.15, -0.1) is 0 Å². The number of nitrogens with zero attached hydrogens (tertiary/aromatic N) is 3. The lowest BCUT2D eigenvalue weighted by Crippen LogP contribution is -2.28. The van der Waals surface area contributed by atoms with E-state index in [0.717, 1.165) is 10.9 Å². The van der Waals surface area contributed by atoms with Crippen LogP contribution < -0.4 is 5.32 Å². The molecule has 0 bridgehead atoms. The van der Waals surface area contributed by atoms with E-state index in [1.165, 1.54) is 23.9 Å². The zero-order chi connectivity index (χ0) is 15.4. The van der Waals surface area contributed by atoms with Crippen LogP contribution in [0.25, 0.3) is 0 Å². The maximum absolute atomic E-state index is 12.0. The van der Waals surface area contributed by atoms with E-state index in [4.69, 9.17) is 0 Å². The second-order valence-corrected chi connectivity index (χ2v) is 5.70. The van der Waals surface area contributed by atoms with Gasteiger partial charge in [0.25, 0.3) is 5.69 Å². The second kappa shape index (κ2) is 6.57. The van der Waals surface area contributed by atoms with Gasteiger partial charge in [-0.2, -0.15) is 0 Å². The summed E-state index contributed by atoms with van der Waals surface area (Å²) in [5.74, 6) is 0.0612. The van der Waals surface area contributed by atoms with Crippen LogP contribution in [0, 0.1) is 10.1 Å². The van der Waals surface area contributed by atoms with E-state index in [0.29, 0.717) is 13.0 Å². The number of nitrogens with one attached hydrogen (secondary N) is 1.